The Labute approximate surface area is 111 Å². The highest BCUT2D eigenvalue weighted by Gasteiger charge is 2.07. The maximum Gasteiger partial charge on any atom is 0.238 e. The Kier molecular flexibility index (Phi) is 6.22. The Balaban J connectivity index is 2.42. The number of anilines is 1. The van der Waals surface area contributed by atoms with Crippen LogP contribution in [0.5, 0.6) is 0 Å². The predicted molar refractivity (Wildman–Crippen MR) is 75.1 cm³/mol. The Morgan fingerprint density at radius 2 is 1.94 bits per heavy atom. The Morgan fingerprint density at radius 3 is 2.53 bits per heavy atom. The summed E-state index contributed by atoms with van der Waals surface area (Å²) in [5, 5.41) is 6.10. The Bertz CT molecular complexity index is 364. The van der Waals surface area contributed by atoms with Gasteiger partial charge in [-0.05, 0) is 40.9 Å². The van der Waals surface area contributed by atoms with Crippen LogP contribution in [-0.2, 0) is 4.79 Å². The zero-order valence-electron chi connectivity index (χ0n) is 10.3. The number of hydrogen-bond acceptors (Lipinski definition) is 2. The summed E-state index contributed by atoms with van der Waals surface area (Å²) in [4.78, 5) is 11.7. The molecule has 0 aliphatic rings. The van der Waals surface area contributed by atoms with Crippen LogP contribution in [0.15, 0.2) is 28.7 Å². The van der Waals surface area contributed by atoms with Gasteiger partial charge in [-0.15, -0.1) is 0 Å². The van der Waals surface area contributed by atoms with Crippen LogP contribution >= 0.6 is 15.9 Å². The molecule has 0 spiro atoms. The fraction of sp³-hybridized carbons (Fsp3) is 0.462. The third-order valence-electron chi connectivity index (χ3n) is 2.68. The number of benzene rings is 1. The van der Waals surface area contributed by atoms with E-state index in [1.807, 2.05) is 24.3 Å². The molecule has 2 N–H and O–H groups in total. The van der Waals surface area contributed by atoms with Gasteiger partial charge in [0, 0.05) is 10.5 Å². The van der Waals surface area contributed by atoms with Crippen LogP contribution in [0.3, 0.4) is 0 Å². The minimum absolute atomic E-state index is 0.0104. The van der Waals surface area contributed by atoms with Crippen LogP contribution in [0.1, 0.15) is 26.7 Å². The highest BCUT2D eigenvalue weighted by atomic mass is 79.9. The average Bonchev–Trinajstić information content (AvgIpc) is 2.33. The highest BCUT2D eigenvalue weighted by molar-refractivity contribution is 9.10. The van der Waals surface area contributed by atoms with Gasteiger partial charge >= 0.3 is 0 Å². The average molecular weight is 299 g/mol. The van der Waals surface area contributed by atoms with Crippen LogP contribution < -0.4 is 10.6 Å². The number of para-hydroxylation sites is 1. The van der Waals surface area contributed by atoms with Gasteiger partial charge in [0.25, 0.3) is 0 Å². The third kappa shape index (κ3) is 4.88. The first-order chi connectivity index (χ1) is 8.17. The van der Waals surface area contributed by atoms with Gasteiger partial charge in [0.2, 0.25) is 5.91 Å². The first-order valence-electron chi connectivity index (χ1n) is 5.95. The van der Waals surface area contributed by atoms with Crippen molar-refractivity contribution in [3.8, 4) is 0 Å². The monoisotopic (exact) mass is 298 g/mol. The molecule has 1 rings (SSSR count). The topological polar surface area (TPSA) is 41.1 Å². The number of carbonyl (C=O) groups excluding carboxylic acids is 1. The molecule has 1 aromatic rings. The van der Waals surface area contributed by atoms with E-state index in [2.05, 4.69) is 40.4 Å². The second-order valence-electron chi connectivity index (χ2n) is 3.92. The summed E-state index contributed by atoms with van der Waals surface area (Å²) in [6, 6.07) is 8.01. The molecule has 0 saturated heterocycles. The maximum absolute atomic E-state index is 11.7. The molecule has 3 nitrogen and oxygen atoms in total. The van der Waals surface area contributed by atoms with E-state index < -0.39 is 0 Å². The van der Waals surface area contributed by atoms with Crippen molar-refractivity contribution in [3.05, 3.63) is 28.7 Å². The molecule has 0 radical (unpaired) electrons. The summed E-state index contributed by atoms with van der Waals surface area (Å²) in [5.74, 6) is -0.0104. The van der Waals surface area contributed by atoms with Crippen molar-refractivity contribution in [1.29, 1.82) is 0 Å². The fourth-order valence-corrected chi connectivity index (χ4v) is 1.96. The van der Waals surface area contributed by atoms with Crippen molar-refractivity contribution in [2.24, 2.45) is 0 Å². The van der Waals surface area contributed by atoms with Gasteiger partial charge in [0.15, 0.2) is 0 Å². The molecular formula is C13H19BrN2O. The van der Waals surface area contributed by atoms with Gasteiger partial charge in [0.05, 0.1) is 12.2 Å². The lowest BCUT2D eigenvalue weighted by Gasteiger charge is -2.14. The quantitative estimate of drug-likeness (QED) is 0.847. The SMILES string of the molecule is CCC(CC)NCC(=O)Nc1ccccc1Br. The Hall–Kier alpha value is -0.870. The van der Waals surface area contributed by atoms with E-state index in [-0.39, 0.29) is 5.91 Å². The molecule has 0 unspecified atom stereocenters. The van der Waals surface area contributed by atoms with Gasteiger partial charge in [-0.3, -0.25) is 4.79 Å². The lowest BCUT2D eigenvalue weighted by atomic mass is 10.2. The van der Waals surface area contributed by atoms with Crippen LogP contribution in [0.4, 0.5) is 5.69 Å². The van der Waals surface area contributed by atoms with Crippen molar-refractivity contribution in [1.82, 2.24) is 5.32 Å². The number of amides is 1. The molecule has 0 aromatic heterocycles. The molecule has 17 heavy (non-hydrogen) atoms. The molecule has 0 heterocycles. The summed E-state index contributed by atoms with van der Waals surface area (Å²) < 4.78 is 0.899. The van der Waals surface area contributed by atoms with E-state index in [0.717, 1.165) is 23.0 Å². The van der Waals surface area contributed by atoms with Crippen LogP contribution in [-0.4, -0.2) is 18.5 Å². The molecule has 0 aliphatic carbocycles. The zero-order valence-corrected chi connectivity index (χ0v) is 11.9. The molecule has 1 aromatic carbocycles. The van der Waals surface area contributed by atoms with Gasteiger partial charge < -0.3 is 10.6 Å². The van der Waals surface area contributed by atoms with Crippen molar-refractivity contribution in [3.63, 3.8) is 0 Å². The number of hydrogen-bond donors (Lipinski definition) is 2. The lowest BCUT2D eigenvalue weighted by molar-refractivity contribution is -0.115. The normalized spacial score (nSPS) is 10.6. The fourth-order valence-electron chi connectivity index (χ4n) is 1.57. The summed E-state index contributed by atoms with van der Waals surface area (Å²) >= 11 is 3.40. The van der Waals surface area contributed by atoms with Crippen LogP contribution in [0.25, 0.3) is 0 Å². The molecule has 94 valence electrons. The van der Waals surface area contributed by atoms with Crippen molar-refractivity contribution in [2.45, 2.75) is 32.7 Å². The number of rotatable bonds is 6. The van der Waals surface area contributed by atoms with E-state index in [1.54, 1.807) is 0 Å². The maximum atomic E-state index is 11.7. The minimum Gasteiger partial charge on any atom is -0.324 e. The molecule has 0 saturated carbocycles. The van der Waals surface area contributed by atoms with E-state index in [9.17, 15) is 4.79 Å². The minimum atomic E-state index is -0.0104. The van der Waals surface area contributed by atoms with Crippen molar-refractivity contribution in [2.75, 3.05) is 11.9 Å². The van der Waals surface area contributed by atoms with Gasteiger partial charge in [-0.25, -0.2) is 0 Å². The molecule has 0 bridgehead atoms. The first-order valence-corrected chi connectivity index (χ1v) is 6.74. The number of nitrogens with one attached hydrogen (secondary N) is 2. The van der Waals surface area contributed by atoms with Gasteiger partial charge in [-0.1, -0.05) is 26.0 Å². The smallest absolute Gasteiger partial charge is 0.238 e. The van der Waals surface area contributed by atoms with E-state index in [1.165, 1.54) is 0 Å². The molecule has 4 heteroatoms. The molecule has 1 amide bonds. The van der Waals surface area contributed by atoms with Gasteiger partial charge in [0.1, 0.15) is 0 Å². The van der Waals surface area contributed by atoms with Gasteiger partial charge in [-0.2, -0.15) is 0 Å². The summed E-state index contributed by atoms with van der Waals surface area (Å²) in [7, 11) is 0. The summed E-state index contributed by atoms with van der Waals surface area (Å²) in [6.45, 7) is 4.59. The standard InChI is InChI=1S/C13H19BrN2O/c1-3-10(4-2)15-9-13(17)16-12-8-6-5-7-11(12)14/h5-8,10,15H,3-4,9H2,1-2H3,(H,16,17). The molecule has 0 atom stereocenters. The number of halogens is 1. The lowest BCUT2D eigenvalue weighted by Crippen LogP contribution is -2.35. The highest BCUT2D eigenvalue weighted by Crippen LogP contribution is 2.20. The first kappa shape index (κ1) is 14.2. The largest absolute Gasteiger partial charge is 0.324 e. The second kappa shape index (κ2) is 7.45. The van der Waals surface area contributed by atoms with Crippen molar-refractivity contribution < 1.29 is 4.79 Å². The number of carbonyl (C=O) groups is 1. The Morgan fingerprint density at radius 1 is 1.29 bits per heavy atom. The summed E-state index contributed by atoms with van der Waals surface area (Å²) in [5.41, 5.74) is 0.809. The predicted octanol–water partition coefficient (Wildman–Crippen LogP) is 3.17. The summed E-state index contributed by atoms with van der Waals surface area (Å²) in [6.07, 6.45) is 2.08. The molecular weight excluding hydrogens is 280 g/mol. The van der Waals surface area contributed by atoms with Crippen LogP contribution in [0.2, 0.25) is 0 Å². The second-order valence-corrected chi connectivity index (χ2v) is 4.78. The van der Waals surface area contributed by atoms with E-state index in [0.29, 0.717) is 12.6 Å². The van der Waals surface area contributed by atoms with E-state index in [4.69, 9.17) is 0 Å². The molecule has 0 aliphatic heterocycles. The van der Waals surface area contributed by atoms with E-state index >= 15 is 0 Å². The molecule has 0 fully saturated rings. The third-order valence-corrected chi connectivity index (χ3v) is 3.38. The van der Waals surface area contributed by atoms with Crippen molar-refractivity contribution >= 4 is 27.5 Å². The zero-order chi connectivity index (χ0) is 12.7. The van der Waals surface area contributed by atoms with Crippen LogP contribution in [0, 0.1) is 0 Å².